The number of aromatic nitrogens is 2. The number of halogens is 1. The highest BCUT2D eigenvalue weighted by molar-refractivity contribution is 6.31. The van der Waals surface area contributed by atoms with Crippen LogP contribution in [0.3, 0.4) is 0 Å². The van der Waals surface area contributed by atoms with Crippen LogP contribution in [0.15, 0.2) is 72.8 Å². The predicted molar refractivity (Wildman–Crippen MR) is 152 cm³/mol. The lowest BCUT2D eigenvalue weighted by atomic mass is 9.88. The van der Waals surface area contributed by atoms with Crippen LogP contribution in [0.25, 0.3) is 22.2 Å². The van der Waals surface area contributed by atoms with E-state index in [1.54, 1.807) is 36.4 Å². The van der Waals surface area contributed by atoms with Crippen molar-refractivity contribution in [3.8, 4) is 11.1 Å². The first-order chi connectivity index (χ1) is 19.4. The van der Waals surface area contributed by atoms with Gasteiger partial charge in [-0.25, -0.2) is 9.78 Å². The van der Waals surface area contributed by atoms with E-state index >= 15 is 0 Å². The van der Waals surface area contributed by atoms with E-state index in [1.165, 1.54) is 0 Å². The van der Waals surface area contributed by atoms with Gasteiger partial charge in [0.1, 0.15) is 12.4 Å². The average Bonchev–Trinajstić information content (AvgIpc) is 3.65. The second-order valence-electron chi connectivity index (χ2n) is 10.1. The van der Waals surface area contributed by atoms with Gasteiger partial charge >= 0.3 is 6.09 Å². The summed E-state index contributed by atoms with van der Waals surface area (Å²) in [6, 6.07) is 17.5. The molecule has 40 heavy (non-hydrogen) atoms. The molecule has 0 saturated carbocycles. The zero-order chi connectivity index (χ0) is 27.6. The Labute approximate surface area is 235 Å². The van der Waals surface area contributed by atoms with Gasteiger partial charge in [-0.2, -0.15) is 0 Å². The number of nitrogens with zero attached hydrogens (tertiary/aromatic N) is 1. The van der Waals surface area contributed by atoms with Gasteiger partial charge in [0.05, 0.1) is 17.1 Å². The normalized spacial score (nSPS) is 18.0. The Bertz CT molecular complexity index is 1650. The van der Waals surface area contributed by atoms with Gasteiger partial charge in [0, 0.05) is 28.6 Å². The van der Waals surface area contributed by atoms with E-state index in [2.05, 4.69) is 20.6 Å². The van der Waals surface area contributed by atoms with Gasteiger partial charge in [-0.3, -0.25) is 9.59 Å². The Morgan fingerprint density at radius 1 is 0.975 bits per heavy atom. The maximum atomic E-state index is 13.6. The molecule has 4 bridgehead atoms. The van der Waals surface area contributed by atoms with Crippen molar-refractivity contribution >= 4 is 40.4 Å². The number of amides is 2. The number of cyclic esters (lactones) is 1. The van der Waals surface area contributed by atoms with E-state index in [4.69, 9.17) is 16.3 Å². The summed E-state index contributed by atoms with van der Waals surface area (Å²) in [5.74, 6) is 0.149. The molecule has 3 N–H and O–H groups in total. The number of hydrogen-bond donors (Lipinski definition) is 3. The summed E-state index contributed by atoms with van der Waals surface area (Å²) >= 11 is 6.15. The van der Waals surface area contributed by atoms with Crippen LogP contribution in [0.4, 0.5) is 4.79 Å². The maximum absolute atomic E-state index is 13.6. The molecular formula is C31H27ClN4O4. The number of carbonyl (C=O) groups is 3. The van der Waals surface area contributed by atoms with Gasteiger partial charge in [-0.1, -0.05) is 42.0 Å². The average molecular weight is 555 g/mol. The summed E-state index contributed by atoms with van der Waals surface area (Å²) in [6.45, 7) is 0.315. The number of aromatic amines is 1. The number of rotatable bonds is 3. The number of alkyl carbamates (subject to hydrolysis) is 1. The van der Waals surface area contributed by atoms with Gasteiger partial charge in [0.2, 0.25) is 0 Å². The monoisotopic (exact) mass is 554 g/mol. The highest BCUT2D eigenvalue weighted by atomic mass is 35.5. The van der Waals surface area contributed by atoms with Crippen molar-refractivity contribution in [1.29, 1.82) is 0 Å². The van der Waals surface area contributed by atoms with Crippen LogP contribution in [-0.2, 0) is 11.3 Å². The van der Waals surface area contributed by atoms with E-state index in [-0.39, 0.29) is 30.8 Å². The Balaban J connectivity index is 1.40. The lowest BCUT2D eigenvalue weighted by Crippen LogP contribution is -2.33. The Kier molecular flexibility index (Phi) is 7.09. The molecule has 0 radical (unpaired) electrons. The molecule has 0 unspecified atom stereocenters. The number of ketones is 1. The van der Waals surface area contributed by atoms with Crippen LogP contribution in [0.2, 0.25) is 5.02 Å². The van der Waals surface area contributed by atoms with Crippen molar-refractivity contribution in [3.05, 3.63) is 100 Å². The van der Waals surface area contributed by atoms with Gasteiger partial charge in [-0.05, 0) is 78.4 Å². The van der Waals surface area contributed by atoms with Crippen LogP contribution in [0.5, 0.6) is 0 Å². The number of H-pyrrole nitrogens is 1. The number of nitrogens with one attached hydrogen (secondary N) is 3. The molecule has 2 aliphatic rings. The number of imidazole rings is 1. The number of ether oxygens (including phenoxy) is 1. The first-order valence-electron chi connectivity index (χ1n) is 13.2. The molecule has 1 aliphatic heterocycles. The molecule has 3 aromatic carbocycles. The molecule has 0 fully saturated rings. The van der Waals surface area contributed by atoms with Gasteiger partial charge in [-0.15, -0.1) is 0 Å². The van der Waals surface area contributed by atoms with Crippen molar-refractivity contribution in [1.82, 2.24) is 20.6 Å². The van der Waals surface area contributed by atoms with E-state index in [1.807, 2.05) is 36.4 Å². The Morgan fingerprint density at radius 2 is 1.82 bits per heavy atom. The van der Waals surface area contributed by atoms with Crippen LogP contribution in [-0.4, -0.2) is 34.3 Å². The second kappa shape index (κ2) is 11.0. The van der Waals surface area contributed by atoms with Gasteiger partial charge in [0.15, 0.2) is 5.78 Å². The van der Waals surface area contributed by atoms with Gasteiger partial charge < -0.3 is 20.4 Å². The largest absolute Gasteiger partial charge is 0.445 e. The number of fused-ring (bicyclic) bond motifs is 6. The Morgan fingerprint density at radius 3 is 2.67 bits per heavy atom. The molecule has 1 aliphatic carbocycles. The van der Waals surface area contributed by atoms with E-state index in [0.717, 1.165) is 16.6 Å². The number of benzene rings is 3. The third-order valence-corrected chi connectivity index (χ3v) is 7.57. The van der Waals surface area contributed by atoms with Crippen molar-refractivity contribution < 1.29 is 19.1 Å². The summed E-state index contributed by atoms with van der Waals surface area (Å²) in [6.07, 6.45) is 5.26. The summed E-state index contributed by atoms with van der Waals surface area (Å²) in [5.41, 5.74) is 4.65. The minimum absolute atomic E-state index is 0.0460. The summed E-state index contributed by atoms with van der Waals surface area (Å²) in [7, 11) is 0. The van der Waals surface area contributed by atoms with Crippen LogP contribution in [0, 0.1) is 5.92 Å². The minimum Gasteiger partial charge on any atom is -0.445 e. The molecule has 2 heterocycles. The smallest absolute Gasteiger partial charge is 0.407 e. The Hall–Kier alpha value is -4.43. The fourth-order valence-corrected chi connectivity index (χ4v) is 5.40. The first-order valence-corrected chi connectivity index (χ1v) is 13.6. The molecule has 9 heteroatoms. The molecule has 6 rings (SSSR count). The lowest BCUT2D eigenvalue weighted by molar-refractivity contribution is 0.0918. The third kappa shape index (κ3) is 5.35. The molecule has 1 atom stereocenters. The molecule has 4 aromatic rings. The first kappa shape index (κ1) is 25.8. The van der Waals surface area contributed by atoms with E-state index in [9.17, 15) is 14.4 Å². The van der Waals surface area contributed by atoms with Crippen LogP contribution in [0.1, 0.15) is 57.4 Å². The van der Waals surface area contributed by atoms with Crippen LogP contribution < -0.4 is 10.6 Å². The highest BCUT2D eigenvalue weighted by Crippen LogP contribution is 2.32. The zero-order valence-electron chi connectivity index (χ0n) is 21.6. The summed E-state index contributed by atoms with van der Waals surface area (Å²) < 4.78 is 5.44. The molecule has 202 valence electrons. The summed E-state index contributed by atoms with van der Waals surface area (Å²) in [5, 5.41) is 6.38. The fraction of sp³-hybridized carbons (Fsp3) is 0.226. The highest BCUT2D eigenvalue weighted by Gasteiger charge is 2.26. The fourth-order valence-electron chi connectivity index (χ4n) is 5.22. The standard InChI is InChI=1S/C31H27ClN4O4/c32-22-9-11-25-27(16-22)35-29(34-25)26-12-13-33-31(39)40-17-18-4-3-7-20(14-18)24-15-21(30(38)36-26)8-10-23(24)28(37)19-5-1-2-6-19/h1-4,7-11,14-16,19,26H,5-6,12-13,17H2,(H,33,39)(H,34,35)(H,36,38)/t26-/m0/s1. The summed E-state index contributed by atoms with van der Waals surface area (Å²) in [4.78, 5) is 47.5. The molecule has 1 aromatic heterocycles. The molecule has 0 saturated heterocycles. The third-order valence-electron chi connectivity index (χ3n) is 7.33. The number of carbonyl (C=O) groups excluding carboxylic acids is 3. The number of Topliss-reactive ketones (excluding diaryl/α,β-unsaturated/α-hetero) is 1. The van der Waals surface area contributed by atoms with Crippen molar-refractivity contribution in [3.63, 3.8) is 0 Å². The van der Waals surface area contributed by atoms with E-state index < -0.39 is 12.1 Å². The minimum atomic E-state index is -0.563. The molecule has 0 spiro atoms. The number of allylic oxidation sites excluding steroid dienone is 2. The van der Waals surface area contributed by atoms with E-state index in [0.29, 0.717) is 52.3 Å². The lowest BCUT2D eigenvalue weighted by Gasteiger charge is -2.18. The van der Waals surface area contributed by atoms with Crippen molar-refractivity contribution in [2.75, 3.05) is 6.54 Å². The van der Waals surface area contributed by atoms with Gasteiger partial charge in [0.25, 0.3) is 5.91 Å². The van der Waals surface area contributed by atoms with Crippen LogP contribution >= 0.6 is 11.6 Å². The maximum Gasteiger partial charge on any atom is 0.407 e. The molecule has 8 nitrogen and oxygen atoms in total. The number of hydrogen-bond acceptors (Lipinski definition) is 5. The topological polar surface area (TPSA) is 113 Å². The quantitative estimate of drug-likeness (QED) is 0.208. The second-order valence-corrected chi connectivity index (χ2v) is 10.5. The SMILES string of the molecule is O=C1NCC[C@@H](c2nc3ccc(Cl)cc3[nH]2)NC(=O)c2ccc(C(=O)C3CC=CC3)c(c2)-c2cccc(c2)CO1. The van der Waals surface area contributed by atoms with Crippen molar-refractivity contribution in [2.45, 2.75) is 31.9 Å². The molecular weight excluding hydrogens is 528 g/mol. The van der Waals surface area contributed by atoms with Crippen molar-refractivity contribution in [2.24, 2.45) is 5.92 Å². The molecule has 2 amide bonds. The predicted octanol–water partition coefficient (Wildman–Crippen LogP) is 6.13. The zero-order valence-corrected chi connectivity index (χ0v) is 22.3.